The summed E-state index contributed by atoms with van der Waals surface area (Å²) in [6.07, 6.45) is 0.559. The molecule has 0 aliphatic carbocycles. The average Bonchev–Trinajstić information content (AvgIpc) is 2.87. The van der Waals surface area contributed by atoms with Crippen LogP contribution >= 0.6 is 0 Å². The molecule has 0 spiro atoms. The van der Waals surface area contributed by atoms with Gasteiger partial charge < -0.3 is 16.0 Å². The molecule has 0 aromatic carbocycles. The standard InChI is InChI=1S/C26H30N8O3/c1-17-3-5-19-7-9-21(32-25(19)29-17)31-24(36)12-14-27-13-11-23(35)28-15-16-37-34-22-10-8-20-6-4-18(2)30-26(20)33-22/h3-10,27H,11-16H2,1-2H3,(H,28,35)(H,30,33,34)(H,29,31,32,36). The fourth-order valence-electron chi connectivity index (χ4n) is 3.50. The molecule has 4 rings (SSSR count). The number of hydrogen-bond acceptors (Lipinski definition) is 9. The van der Waals surface area contributed by atoms with E-state index in [-0.39, 0.29) is 24.8 Å². The van der Waals surface area contributed by atoms with Gasteiger partial charge >= 0.3 is 0 Å². The molecule has 11 heteroatoms. The highest BCUT2D eigenvalue weighted by Crippen LogP contribution is 2.15. The summed E-state index contributed by atoms with van der Waals surface area (Å²) in [6, 6.07) is 15.1. The number of amides is 2. The van der Waals surface area contributed by atoms with Gasteiger partial charge in [-0.3, -0.25) is 14.4 Å². The molecule has 2 amide bonds. The van der Waals surface area contributed by atoms with E-state index in [0.717, 1.165) is 22.2 Å². The van der Waals surface area contributed by atoms with Crippen LogP contribution in [0, 0.1) is 13.8 Å². The molecule has 4 aromatic heterocycles. The molecule has 0 unspecified atom stereocenters. The van der Waals surface area contributed by atoms with Gasteiger partial charge in [-0.1, -0.05) is 0 Å². The maximum atomic E-state index is 12.2. The summed E-state index contributed by atoms with van der Waals surface area (Å²) in [5.41, 5.74) is 5.77. The number of rotatable bonds is 12. The fourth-order valence-corrected chi connectivity index (χ4v) is 3.50. The van der Waals surface area contributed by atoms with Crippen molar-refractivity contribution in [3.63, 3.8) is 0 Å². The van der Waals surface area contributed by atoms with Gasteiger partial charge in [0.15, 0.2) is 17.1 Å². The van der Waals surface area contributed by atoms with Crippen LogP contribution in [-0.2, 0) is 14.4 Å². The maximum Gasteiger partial charge on any atom is 0.226 e. The minimum absolute atomic E-state index is 0.104. The summed E-state index contributed by atoms with van der Waals surface area (Å²) >= 11 is 0. The van der Waals surface area contributed by atoms with E-state index >= 15 is 0 Å². The molecule has 0 radical (unpaired) electrons. The number of pyridine rings is 4. The Morgan fingerprint density at radius 2 is 1.27 bits per heavy atom. The zero-order valence-electron chi connectivity index (χ0n) is 20.9. The quantitative estimate of drug-likeness (QED) is 0.170. The lowest BCUT2D eigenvalue weighted by Crippen LogP contribution is -2.31. The number of carbonyl (C=O) groups excluding carboxylic acids is 2. The molecular weight excluding hydrogens is 472 g/mol. The highest BCUT2D eigenvalue weighted by Gasteiger charge is 2.06. The van der Waals surface area contributed by atoms with Gasteiger partial charge in [-0.05, 0) is 62.4 Å². The number of hydrogen-bond donors (Lipinski definition) is 4. The van der Waals surface area contributed by atoms with Crippen LogP contribution in [-0.4, -0.2) is 58.0 Å². The first-order valence-corrected chi connectivity index (χ1v) is 12.1. The van der Waals surface area contributed by atoms with E-state index in [2.05, 4.69) is 41.4 Å². The monoisotopic (exact) mass is 502 g/mol. The van der Waals surface area contributed by atoms with E-state index in [1.165, 1.54) is 0 Å². The summed E-state index contributed by atoms with van der Waals surface area (Å²) in [7, 11) is 0. The lowest BCUT2D eigenvalue weighted by molar-refractivity contribution is -0.121. The first kappa shape index (κ1) is 25.9. The molecule has 0 atom stereocenters. The normalized spacial score (nSPS) is 11.0. The zero-order valence-corrected chi connectivity index (χ0v) is 20.9. The predicted molar refractivity (Wildman–Crippen MR) is 142 cm³/mol. The molecule has 4 heterocycles. The van der Waals surface area contributed by atoms with Crippen molar-refractivity contribution in [2.75, 3.05) is 37.0 Å². The van der Waals surface area contributed by atoms with E-state index in [0.29, 0.717) is 49.0 Å². The third kappa shape index (κ3) is 7.89. The number of anilines is 2. The summed E-state index contributed by atoms with van der Waals surface area (Å²) in [5, 5.41) is 10.5. The van der Waals surface area contributed by atoms with Gasteiger partial charge in [-0.25, -0.2) is 25.4 Å². The summed E-state index contributed by atoms with van der Waals surface area (Å²) < 4.78 is 0. The number of carbonyl (C=O) groups is 2. The zero-order chi connectivity index (χ0) is 26.0. The highest BCUT2D eigenvalue weighted by molar-refractivity contribution is 5.91. The van der Waals surface area contributed by atoms with Crippen molar-refractivity contribution < 1.29 is 14.4 Å². The molecule has 4 N–H and O–H groups in total. The highest BCUT2D eigenvalue weighted by atomic mass is 16.6. The molecule has 37 heavy (non-hydrogen) atoms. The number of aryl methyl sites for hydroxylation is 2. The summed E-state index contributed by atoms with van der Waals surface area (Å²) in [6.45, 7) is 5.35. The first-order chi connectivity index (χ1) is 18.0. The third-order valence-corrected chi connectivity index (χ3v) is 5.41. The fraction of sp³-hybridized carbons (Fsp3) is 0.308. The Morgan fingerprint density at radius 3 is 1.95 bits per heavy atom. The molecule has 0 aliphatic rings. The van der Waals surface area contributed by atoms with Crippen LogP contribution in [0.5, 0.6) is 0 Å². The van der Waals surface area contributed by atoms with E-state index in [1.54, 1.807) is 12.1 Å². The Morgan fingerprint density at radius 1 is 0.703 bits per heavy atom. The Balaban J connectivity index is 1.05. The number of nitrogens with zero attached hydrogens (tertiary/aromatic N) is 4. The number of nitrogens with one attached hydrogen (secondary N) is 4. The minimum atomic E-state index is -0.159. The van der Waals surface area contributed by atoms with Gasteiger partial charge in [-0.2, -0.15) is 0 Å². The Bertz CT molecular complexity index is 1400. The van der Waals surface area contributed by atoms with Crippen LogP contribution in [0.2, 0.25) is 0 Å². The lowest BCUT2D eigenvalue weighted by Gasteiger charge is -2.09. The van der Waals surface area contributed by atoms with Crippen LogP contribution in [0.4, 0.5) is 11.6 Å². The smallest absolute Gasteiger partial charge is 0.226 e. The maximum absolute atomic E-state index is 12.2. The SMILES string of the molecule is Cc1ccc2ccc(NOCCNC(=O)CCNCCC(=O)Nc3ccc4ccc(C)nc4n3)nc2n1. The molecule has 4 aromatic rings. The lowest BCUT2D eigenvalue weighted by atomic mass is 10.2. The average molecular weight is 503 g/mol. The second-order valence-corrected chi connectivity index (χ2v) is 8.49. The second kappa shape index (κ2) is 12.7. The third-order valence-electron chi connectivity index (χ3n) is 5.41. The van der Waals surface area contributed by atoms with Gasteiger partial charge in [0.2, 0.25) is 11.8 Å². The van der Waals surface area contributed by atoms with Crippen LogP contribution in [0.15, 0.2) is 48.5 Å². The molecule has 0 saturated heterocycles. The van der Waals surface area contributed by atoms with Gasteiger partial charge in [0.1, 0.15) is 5.82 Å². The summed E-state index contributed by atoms with van der Waals surface area (Å²) in [5.74, 6) is 0.753. The van der Waals surface area contributed by atoms with Crippen LogP contribution in [0.1, 0.15) is 24.2 Å². The van der Waals surface area contributed by atoms with E-state index in [4.69, 9.17) is 4.84 Å². The molecule has 0 aliphatic heterocycles. The van der Waals surface area contributed by atoms with Crippen molar-refractivity contribution in [1.82, 2.24) is 30.6 Å². The molecule has 192 valence electrons. The first-order valence-electron chi connectivity index (χ1n) is 12.1. The van der Waals surface area contributed by atoms with Crippen molar-refractivity contribution in [3.8, 4) is 0 Å². The van der Waals surface area contributed by atoms with E-state index in [9.17, 15) is 9.59 Å². The van der Waals surface area contributed by atoms with Crippen LogP contribution in [0.3, 0.4) is 0 Å². The minimum Gasteiger partial charge on any atom is -0.354 e. The Hall–Kier alpha value is -4.22. The van der Waals surface area contributed by atoms with Crippen molar-refractivity contribution >= 4 is 45.5 Å². The van der Waals surface area contributed by atoms with E-state index < -0.39 is 0 Å². The van der Waals surface area contributed by atoms with Crippen molar-refractivity contribution in [3.05, 3.63) is 59.9 Å². The van der Waals surface area contributed by atoms with Crippen LogP contribution in [0.25, 0.3) is 22.1 Å². The van der Waals surface area contributed by atoms with Gasteiger partial charge in [-0.15, -0.1) is 0 Å². The Kier molecular flexibility index (Phi) is 8.84. The molecule has 0 saturated carbocycles. The number of aromatic nitrogens is 4. The van der Waals surface area contributed by atoms with E-state index in [1.807, 2.05) is 50.2 Å². The van der Waals surface area contributed by atoms with Crippen molar-refractivity contribution in [2.45, 2.75) is 26.7 Å². The van der Waals surface area contributed by atoms with Crippen molar-refractivity contribution in [1.29, 1.82) is 0 Å². The van der Waals surface area contributed by atoms with Crippen molar-refractivity contribution in [2.24, 2.45) is 0 Å². The topological polar surface area (TPSA) is 143 Å². The molecule has 11 nitrogen and oxygen atoms in total. The van der Waals surface area contributed by atoms with Gasteiger partial charge in [0, 0.05) is 54.6 Å². The second-order valence-electron chi connectivity index (χ2n) is 8.49. The Labute approximate surface area is 214 Å². The molecule has 0 fully saturated rings. The van der Waals surface area contributed by atoms with Crippen LogP contribution < -0.4 is 21.4 Å². The number of fused-ring (bicyclic) bond motifs is 2. The molecular formula is C26H30N8O3. The molecule has 0 bridgehead atoms. The largest absolute Gasteiger partial charge is 0.354 e. The van der Waals surface area contributed by atoms with Gasteiger partial charge in [0.05, 0.1) is 6.61 Å². The van der Waals surface area contributed by atoms with Gasteiger partial charge in [0.25, 0.3) is 0 Å². The summed E-state index contributed by atoms with van der Waals surface area (Å²) in [4.78, 5) is 47.1. The predicted octanol–water partition coefficient (Wildman–Crippen LogP) is 2.66.